The number of fused-ring (bicyclic) bond motifs is 3. The first-order chi connectivity index (χ1) is 65.3. The molecule has 718 valence electrons. The van der Waals surface area contributed by atoms with Gasteiger partial charge >= 0.3 is 0 Å². The van der Waals surface area contributed by atoms with Crippen LogP contribution in [0.25, 0.3) is 65.7 Å². The van der Waals surface area contributed by atoms with Crippen molar-refractivity contribution >= 4 is 32.3 Å². The summed E-state index contributed by atoms with van der Waals surface area (Å²) in [7, 11) is 0. The van der Waals surface area contributed by atoms with E-state index in [9.17, 15) is 8.78 Å². The highest BCUT2D eigenvalue weighted by Crippen LogP contribution is 2.42. The Morgan fingerprint density at radius 3 is 1.20 bits per heavy atom. The van der Waals surface area contributed by atoms with Crippen molar-refractivity contribution in [3.05, 3.63) is 405 Å². The highest BCUT2D eigenvalue weighted by molar-refractivity contribution is 6.08. The fraction of sp³-hybridized carbons (Fsp3) is 0.328. The summed E-state index contributed by atoms with van der Waals surface area (Å²) in [6.45, 7) is 68.9. The van der Waals surface area contributed by atoms with Crippen LogP contribution in [0.5, 0.6) is 34.5 Å². The summed E-state index contributed by atoms with van der Waals surface area (Å²) >= 11 is 0. The first-order valence-corrected chi connectivity index (χ1v) is 48.8. The SMILES string of the molecule is C=CCCCOc1cc(C)c(-c2cccc(CC=C)c2)cc1C.C=CCCOc1cc(C)cc2c(OCCC=C)cc(C)cc12.C=CCc1cc(C)c(CC=C)cc1C.CC(C)=CCCCCc1cc(C)ccc1-c1ccc(C)cc1-c1ccccc1.CC(C)=CCCCOc1cc(C)c(OCCCC=C(C)C)cc1C.Cc1cc(OCCC=C(F)F)c(C)c2c(C)c3ccccc3c(C)c12. The van der Waals surface area contributed by atoms with Crippen molar-refractivity contribution < 1.29 is 37.2 Å². The van der Waals surface area contributed by atoms with Crippen LogP contribution in [0.3, 0.4) is 0 Å². The molecule has 0 aliphatic rings. The van der Waals surface area contributed by atoms with Gasteiger partial charge in [0.25, 0.3) is 6.08 Å². The first kappa shape index (κ1) is 110. The lowest BCUT2D eigenvalue weighted by Crippen LogP contribution is -2.02. The number of aryl methyl sites for hydroxylation is 15. The van der Waals surface area contributed by atoms with Crippen molar-refractivity contribution in [2.45, 2.75) is 241 Å². The second kappa shape index (κ2) is 58.7. The molecular weight excluding hydrogens is 1670 g/mol. The molecule has 0 radical (unpaired) electrons. The van der Waals surface area contributed by atoms with Gasteiger partial charge in [0.1, 0.15) is 34.5 Å². The predicted octanol–water partition coefficient (Wildman–Crippen LogP) is 36.8. The highest BCUT2D eigenvalue weighted by Gasteiger charge is 2.19. The zero-order chi connectivity index (χ0) is 99.2. The van der Waals surface area contributed by atoms with E-state index in [0.29, 0.717) is 13.2 Å². The summed E-state index contributed by atoms with van der Waals surface area (Å²) < 4.78 is 59.8. The van der Waals surface area contributed by atoms with Gasteiger partial charge in [0, 0.05) is 17.2 Å². The lowest BCUT2D eigenvalue weighted by Gasteiger charge is -2.19. The van der Waals surface area contributed by atoms with E-state index in [1.807, 2.05) is 49.4 Å². The van der Waals surface area contributed by atoms with Crippen molar-refractivity contribution in [2.75, 3.05) is 39.6 Å². The number of unbranched alkanes of at least 4 members (excludes halogenated alkanes) is 5. The summed E-state index contributed by atoms with van der Waals surface area (Å²) in [4.78, 5) is 0. The van der Waals surface area contributed by atoms with Crippen LogP contribution >= 0.6 is 0 Å². The summed E-state index contributed by atoms with van der Waals surface area (Å²) in [6.07, 6.45) is 33.4. The molecule has 0 spiro atoms. The standard InChI is InChI=1S/C28H32.C22H22F2O.C22H34O2.C22H26O.C20H24O2.C14H18/c1-21(2)11-7-5-10-14-25-19-22(3)15-17-26(25)27-18-16-23(4)20-28(27)24-12-8-6-9-13-24;1-13-12-19(25-11-7-10-20(23)24)16(4)22-15(3)18-9-6-5-8-17(18)14(2)21(13)22;1-17(2)11-7-9-13-23-21-15-20(6)22(16-19(21)5)24-14-10-8-12-18(3)4;1-5-7-8-13-23-22-15-17(3)21(14-18(22)4)20-12-9-11-19(16-20)10-6-2;1-5-7-9-21-19-13-15(3)12-18-17(19)11-16(4)14-20(18)22-10-8-6-2;1-5-7-13-9-12(4)14(8-6-2)10-11(13)3/h6,8-9,11-13,15-20H,5,7,10,14H2,1-4H3;5-6,8-10,12H,7,11H2,1-4H3;11-12,15-16H,7-10,13-14H2,1-6H3;5-6,9,11-12,14-16H,1-2,7-8,10,13H2,3-4H3;5-6,11-14H,1-2,7-10H2,3-4H3;5-6,9-10H,1-2,7-8H2,3-4H3. The molecule has 0 saturated heterocycles. The number of hydrogen-bond acceptors (Lipinski definition) is 6. The van der Waals surface area contributed by atoms with Crippen molar-refractivity contribution in [1.82, 2.24) is 0 Å². The van der Waals surface area contributed by atoms with Crippen molar-refractivity contribution in [3.8, 4) is 67.9 Å². The largest absolute Gasteiger partial charge is 0.493 e. The maximum absolute atomic E-state index is 12.2. The molecular formula is C128H156F2O6. The van der Waals surface area contributed by atoms with E-state index in [-0.39, 0.29) is 13.0 Å². The Kier molecular flexibility index (Phi) is 47.7. The van der Waals surface area contributed by atoms with Gasteiger partial charge in [-0.3, -0.25) is 0 Å². The number of ether oxygens (including phenoxy) is 6. The van der Waals surface area contributed by atoms with Crippen LogP contribution in [0.2, 0.25) is 0 Å². The monoisotopic (exact) mass is 1830 g/mol. The van der Waals surface area contributed by atoms with Crippen molar-refractivity contribution in [3.63, 3.8) is 0 Å². The van der Waals surface area contributed by atoms with Gasteiger partial charge in [-0.15, -0.1) is 39.5 Å². The number of hydrogen-bond donors (Lipinski definition) is 0. The van der Waals surface area contributed by atoms with Gasteiger partial charge in [-0.1, -0.05) is 210 Å². The lowest BCUT2D eigenvalue weighted by atomic mass is 9.88. The van der Waals surface area contributed by atoms with E-state index >= 15 is 0 Å². The van der Waals surface area contributed by atoms with E-state index in [1.54, 1.807) is 0 Å². The zero-order valence-corrected chi connectivity index (χ0v) is 86.1. The molecule has 12 aromatic carbocycles. The fourth-order valence-corrected chi connectivity index (χ4v) is 16.7. The molecule has 0 aliphatic heterocycles. The normalized spacial score (nSPS) is 10.5. The Balaban J connectivity index is 0.000000224. The molecule has 0 atom stereocenters. The van der Waals surface area contributed by atoms with Gasteiger partial charge in [-0.2, -0.15) is 8.78 Å². The molecule has 0 heterocycles. The number of halogens is 2. The summed E-state index contributed by atoms with van der Waals surface area (Å²) in [5.41, 5.74) is 34.6. The van der Waals surface area contributed by atoms with Crippen LogP contribution in [0.4, 0.5) is 8.78 Å². The minimum absolute atomic E-state index is 0.203. The molecule has 0 bridgehead atoms. The first-order valence-electron chi connectivity index (χ1n) is 48.8. The van der Waals surface area contributed by atoms with Gasteiger partial charge in [-0.05, 0) is 439 Å². The molecule has 0 amide bonds. The Morgan fingerprint density at radius 2 is 0.699 bits per heavy atom. The highest BCUT2D eigenvalue weighted by atomic mass is 19.3. The number of benzene rings is 12. The van der Waals surface area contributed by atoms with Crippen molar-refractivity contribution in [2.24, 2.45) is 0 Å². The molecule has 0 aliphatic carbocycles. The maximum atomic E-state index is 12.2. The molecule has 136 heavy (non-hydrogen) atoms. The van der Waals surface area contributed by atoms with Crippen molar-refractivity contribution in [1.29, 1.82) is 0 Å². The summed E-state index contributed by atoms with van der Waals surface area (Å²) in [6, 6.07) is 65.3. The zero-order valence-electron chi connectivity index (χ0n) is 86.1. The Labute approximate surface area is 818 Å². The minimum Gasteiger partial charge on any atom is -0.493 e. The molecule has 12 rings (SSSR count). The van der Waals surface area contributed by atoms with Crippen LogP contribution in [-0.4, -0.2) is 39.6 Å². The Bertz CT molecular complexity index is 5920. The lowest BCUT2D eigenvalue weighted by molar-refractivity contribution is 0.300. The third kappa shape index (κ3) is 35.6. The van der Waals surface area contributed by atoms with E-state index in [1.165, 1.54) is 169 Å². The van der Waals surface area contributed by atoms with Crippen LogP contribution < -0.4 is 28.4 Å². The van der Waals surface area contributed by atoms with Crippen LogP contribution in [0, 0.1) is 96.9 Å². The second-order valence-electron chi connectivity index (χ2n) is 36.6. The van der Waals surface area contributed by atoms with Crippen LogP contribution in [-0.2, 0) is 25.7 Å². The van der Waals surface area contributed by atoms with E-state index in [2.05, 4.69) is 365 Å². The fourth-order valence-electron chi connectivity index (χ4n) is 16.7. The summed E-state index contributed by atoms with van der Waals surface area (Å²) in [5.74, 6) is 5.53. The van der Waals surface area contributed by atoms with E-state index in [4.69, 9.17) is 28.4 Å². The molecule has 8 heteroatoms. The number of allylic oxidation sites excluding steroid dienone is 10. The Hall–Kier alpha value is -12.5. The van der Waals surface area contributed by atoms with Crippen LogP contribution in [0.1, 0.15) is 219 Å². The van der Waals surface area contributed by atoms with Gasteiger partial charge in [0.05, 0.1) is 39.6 Å². The maximum Gasteiger partial charge on any atom is 0.266 e. The third-order valence-electron chi connectivity index (χ3n) is 23.9. The summed E-state index contributed by atoms with van der Waals surface area (Å²) in [5, 5.41) is 7.18. The number of rotatable bonds is 41. The molecule has 12 aromatic rings. The smallest absolute Gasteiger partial charge is 0.266 e. The molecule has 0 fully saturated rings. The van der Waals surface area contributed by atoms with E-state index in [0.717, 1.165) is 170 Å². The third-order valence-corrected chi connectivity index (χ3v) is 23.9. The molecule has 0 N–H and O–H groups in total. The minimum atomic E-state index is -1.66. The quantitative estimate of drug-likeness (QED) is 0.0216. The molecule has 6 nitrogen and oxygen atoms in total. The van der Waals surface area contributed by atoms with Gasteiger partial charge in [0.2, 0.25) is 0 Å². The molecule has 0 aromatic heterocycles. The van der Waals surface area contributed by atoms with Gasteiger partial charge in [-0.25, -0.2) is 0 Å². The van der Waals surface area contributed by atoms with E-state index < -0.39 is 6.08 Å². The van der Waals surface area contributed by atoms with Gasteiger partial charge in [0.15, 0.2) is 0 Å². The topological polar surface area (TPSA) is 55.4 Å². The Morgan fingerprint density at radius 1 is 0.265 bits per heavy atom. The average Bonchev–Trinajstić information content (AvgIpc) is 0.737. The average molecular weight is 1830 g/mol. The molecule has 0 unspecified atom stereocenters. The molecule has 0 saturated carbocycles. The van der Waals surface area contributed by atoms with Crippen LogP contribution in [0.15, 0.2) is 305 Å². The van der Waals surface area contributed by atoms with Gasteiger partial charge < -0.3 is 28.4 Å². The predicted molar refractivity (Wildman–Crippen MR) is 587 cm³/mol. The second-order valence-corrected chi connectivity index (χ2v) is 36.6.